The van der Waals surface area contributed by atoms with Gasteiger partial charge < -0.3 is 125 Å². The van der Waals surface area contributed by atoms with Gasteiger partial charge in [0.25, 0.3) is 0 Å². The first kappa shape index (κ1) is 92.5. The summed E-state index contributed by atoms with van der Waals surface area (Å²) in [6, 6.07) is -16.7. The van der Waals surface area contributed by atoms with Gasteiger partial charge in [-0.25, -0.2) is 4.79 Å². The van der Waals surface area contributed by atoms with Crippen LogP contribution >= 0.6 is 0 Å². The van der Waals surface area contributed by atoms with Gasteiger partial charge in [-0.2, -0.15) is 0 Å². The van der Waals surface area contributed by atoms with Crippen LogP contribution in [0, 0.1) is 5.92 Å². The maximum Gasteiger partial charge on any atom is 0.328 e. The van der Waals surface area contributed by atoms with Crippen LogP contribution in [0.2, 0.25) is 0 Å². The van der Waals surface area contributed by atoms with Crippen molar-refractivity contribution < 1.29 is 118 Å². The fourth-order valence-electron chi connectivity index (χ4n) is 12.8. The number of unbranched alkanes of at least 4 members (excludes halogenated alkanes) is 10. The van der Waals surface area contributed by atoms with Crippen molar-refractivity contribution in [2.75, 3.05) is 26.2 Å². The van der Waals surface area contributed by atoms with Gasteiger partial charge in [0.15, 0.2) is 11.5 Å². The van der Waals surface area contributed by atoms with Crippen molar-refractivity contribution in [1.82, 2.24) is 63.0 Å². The topological polar surface area (TPSA) is 609 Å². The number of nitrogens with zero attached hydrogens (tertiary/aromatic N) is 2. The Morgan fingerprint density at radius 3 is 1.62 bits per heavy atom. The van der Waals surface area contributed by atoms with Crippen LogP contribution in [0.3, 0.4) is 0 Å². The molecule has 19 atom stereocenters. The number of fused-ring (bicyclic) bond motifs is 2. The molecule has 3 saturated heterocycles. The number of carbonyl (C=O) groups is 14. The number of cyclic esters (lactones) is 1. The molecule has 1 aromatic rings. The minimum absolute atomic E-state index is 0.0248. The average Bonchev–Trinajstić information content (AvgIpc) is 1.70. The van der Waals surface area contributed by atoms with Gasteiger partial charge in [-0.3, -0.25) is 62.3 Å². The predicted molar refractivity (Wildman–Crippen MR) is 387 cm³/mol. The highest BCUT2D eigenvalue weighted by Crippen LogP contribution is 2.28. The molecule has 38 heteroatoms. The zero-order valence-corrected chi connectivity index (χ0v) is 63.2. The molecule has 614 valence electrons. The summed E-state index contributed by atoms with van der Waals surface area (Å²) in [6.07, 6.45) is -6.42. The Labute approximate surface area is 632 Å². The quantitative estimate of drug-likeness (QED) is 0.0246. The fraction of sp³-hybridized carbons (Fsp3) is 0.718. The highest BCUT2D eigenvalue weighted by molar-refractivity contribution is 6.00. The van der Waals surface area contributed by atoms with Gasteiger partial charge in [0.2, 0.25) is 76.8 Å². The normalized spacial score (nSPS) is 28.0. The number of aromatic hydroxyl groups is 2. The molecule has 3 fully saturated rings. The van der Waals surface area contributed by atoms with Crippen molar-refractivity contribution in [1.29, 1.82) is 0 Å². The van der Waals surface area contributed by atoms with Gasteiger partial charge in [-0.15, -0.1) is 0 Å². The highest BCUT2D eigenvalue weighted by atomic mass is 16.5. The number of aliphatic hydroxyl groups excluding tert-OH is 7. The van der Waals surface area contributed by atoms with Crippen LogP contribution < -0.4 is 64.6 Å². The summed E-state index contributed by atoms with van der Waals surface area (Å²) in [6.45, 7) is 8.49. The monoisotopic (exact) mass is 1550 g/mol. The van der Waals surface area contributed by atoms with Crippen molar-refractivity contribution in [2.45, 2.75) is 293 Å². The lowest BCUT2D eigenvalue weighted by molar-refractivity contribution is -0.155. The number of benzene rings is 1. The molecule has 3 aliphatic rings. The standard InChI is InChI=1S/C71H116N14O24/c1-9-10-11-12-13-14-15-16-17-18-19-21-43-31-52(96)78-55(37(5)86)65(102)75-36(4)61(98)77-45(28-41-23-24-47(91)49(93)29-41)62(99)80-54(35(2)3)69(106)85-34-42(90)30-46(85)63(100)81-57(39(7)88)67(104)82-58(40(8)89)70(107)84-27-25-48(92)60(84)68(105)83-59(50(94)32-51(73)95)64(101)74-33-53(97)79-56(38(6)87)66(103)76-44(22-20-26-72)71(108)109-43/h23-24,29,35-40,42-46,48,50,54-60,86-94H,9-22,25-28,30-34,72H2,1-8H3,(H2,73,95)(H,74,101)(H,75,102)(H,76,103)(H,77,98)(H,78,96)(H,79,97)(H,80,99)(H,81,100)(H,82,104)(H,83,105)/t36-,37-,38-,39-,40-,42-,43-,44+,45+,46+,48+,50-,54+,55-,56-,57-,58+,59+,60+/m1/s1. The number of primary amides is 1. The molecule has 0 spiro atoms. The molecule has 0 unspecified atom stereocenters. The van der Waals surface area contributed by atoms with Gasteiger partial charge in [0, 0.05) is 25.9 Å². The van der Waals surface area contributed by atoms with Crippen LogP contribution in [0.25, 0.3) is 0 Å². The molecule has 38 nitrogen and oxygen atoms in total. The molecular formula is C71H116N14O24. The van der Waals surface area contributed by atoms with Crippen LogP contribution in [0.1, 0.15) is 177 Å². The molecule has 0 saturated carbocycles. The van der Waals surface area contributed by atoms with Crippen molar-refractivity contribution in [3.63, 3.8) is 0 Å². The molecule has 0 bridgehead atoms. The lowest BCUT2D eigenvalue weighted by Gasteiger charge is -2.34. The van der Waals surface area contributed by atoms with E-state index in [9.17, 15) is 113 Å². The SMILES string of the molecule is CCCCCCCCCCCCC[C@@H]1CC(=O)N[C@H]([C@@H](C)O)C(=O)N[C@H](C)C(=O)N[C@@H](Cc2ccc(O)c(O)c2)C(=O)N[C@@H](C(C)C)C(=O)N2C[C@H](O)C[C@H]2C(=O)N[C@H]([C@@H](C)O)C(=O)N[C@@H]([C@@H](C)O)C(=O)N2CC[C@H](O)[C@H]2C(=O)N[C@@H]([C@H](O)CC(N)=O)C(=O)NCC(=O)N[C@H]([C@@H](C)O)C(=O)N[C@@H](CCCN)C(=O)O1. The molecule has 23 N–H and O–H groups in total. The van der Waals surface area contributed by atoms with Crippen LogP contribution in [-0.4, -0.2) is 280 Å². The Balaban J connectivity index is 1.81. The molecular weight excluding hydrogens is 1430 g/mol. The van der Waals surface area contributed by atoms with Crippen molar-refractivity contribution >= 4 is 82.8 Å². The smallest absolute Gasteiger partial charge is 0.328 e. The summed E-state index contributed by atoms with van der Waals surface area (Å²) < 4.78 is 5.94. The molecule has 3 heterocycles. The molecule has 0 aliphatic carbocycles. The summed E-state index contributed by atoms with van der Waals surface area (Å²) in [7, 11) is 0. The maximum absolute atomic E-state index is 14.8. The molecule has 13 amide bonds. The number of rotatable bonds is 25. The number of phenolic OH excluding ortho intramolecular Hbond substituents is 2. The lowest BCUT2D eigenvalue weighted by atomic mass is 9.99. The highest BCUT2D eigenvalue weighted by Gasteiger charge is 2.48. The number of nitrogens with two attached hydrogens (primary N) is 2. The molecule has 4 rings (SSSR count). The minimum atomic E-state index is -2.23. The number of phenols is 2. The maximum atomic E-state index is 14.8. The molecule has 0 aromatic heterocycles. The number of hydrogen-bond acceptors (Lipinski definition) is 25. The van der Waals surface area contributed by atoms with E-state index in [1.54, 1.807) is 0 Å². The zero-order valence-electron chi connectivity index (χ0n) is 63.2. The molecule has 0 radical (unpaired) electrons. The van der Waals surface area contributed by atoms with Crippen molar-refractivity contribution in [3.05, 3.63) is 23.8 Å². The number of ether oxygens (including phenoxy) is 1. The Hall–Kier alpha value is -8.92. The van der Waals surface area contributed by atoms with Crippen LogP contribution in [0.4, 0.5) is 0 Å². The van der Waals surface area contributed by atoms with E-state index in [1.165, 1.54) is 26.8 Å². The van der Waals surface area contributed by atoms with Gasteiger partial charge >= 0.3 is 5.97 Å². The second-order valence-corrected chi connectivity index (χ2v) is 28.8. The first-order valence-electron chi connectivity index (χ1n) is 37.4. The summed E-state index contributed by atoms with van der Waals surface area (Å²) in [4.78, 5) is 199. The van der Waals surface area contributed by atoms with Crippen molar-refractivity contribution in [2.24, 2.45) is 17.4 Å². The molecule has 1 aromatic carbocycles. The van der Waals surface area contributed by atoms with E-state index < -0.39 is 261 Å². The molecule has 109 heavy (non-hydrogen) atoms. The Morgan fingerprint density at radius 2 is 1.06 bits per heavy atom. The summed E-state index contributed by atoms with van der Waals surface area (Å²) >= 11 is 0. The predicted octanol–water partition coefficient (Wildman–Crippen LogP) is -5.77. The number of carbonyl (C=O) groups excluding carboxylic acids is 14. The largest absolute Gasteiger partial charge is 0.504 e. The summed E-state index contributed by atoms with van der Waals surface area (Å²) in [5.41, 5.74) is 11.3. The lowest BCUT2D eigenvalue weighted by Crippen LogP contribution is -2.64. The zero-order chi connectivity index (χ0) is 81.7. The van der Waals surface area contributed by atoms with Crippen LogP contribution in [0.5, 0.6) is 11.5 Å². The first-order chi connectivity index (χ1) is 51.3. The van der Waals surface area contributed by atoms with E-state index in [4.69, 9.17) is 16.2 Å². The van der Waals surface area contributed by atoms with E-state index >= 15 is 0 Å². The third-order valence-electron chi connectivity index (χ3n) is 19.1. The van der Waals surface area contributed by atoms with Crippen LogP contribution in [0.15, 0.2) is 18.2 Å². The second kappa shape index (κ2) is 45.3. The Morgan fingerprint density at radius 1 is 0.550 bits per heavy atom. The van der Waals surface area contributed by atoms with E-state index in [1.807, 2.05) is 0 Å². The van der Waals surface area contributed by atoms with Gasteiger partial charge in [-0.05, 0) is 96.9 Å². The second-order valence-electron chi connectivity index (χ2n) is 28.8. The van der Waals surface area contributed by atoms with E-state index in [0.717, 1.165) is 103 Å². The number of amides is 13. The summed E-state index contributed by atoms with van der Waals surface area (Å²) in [5, 5.41) is 121. The number of nitrogens with one attached hydrogen (secondary N) is 10. The molecule has 3 aliphatic heterocycles. The number of hydrogen-bond donors (Lipinski definition) is 21. The number of esters is 1. The number of aliphatic hydroxyl groups is 7. The Kier molecular flexibility index (Phi) is 38.4. The van der Waals surface area contributed by atoms with Crippen LogP contribution in [-0.2, 0) is 78.3 Å². The summed E-state index contributed by atoms with van der Waals surface area (Å²) in [5.74, 6) is -18.5. The van der Waals surface area contributed by atoms with Gasteiger partial charge in [0.05, 0.1) is 62.1 Å². The van der Waals surface area contributed by atoms with Crippen molar-refractivity contribution in [3.8, 4) is 11.5 Å². The third-order valence-corrected chi connectivity index (χ3v) is 19.1. The van der Waals surface area contributed by atoms with E-state index in [-0.39, 0.29) is 37.8 Å². The van der Waals surface area contributed by atoms with E-state index in [0.29, 0.717) is 17.7 Å². The third kappa shape index (κ3) is 29.1. The first-order valence-corrected chi connectivity index (χ1v) is 37.4. The van der Waals surface area contributed by atoms with E-state index in [2.05, 4.69) is 60.1 Å². The average molecular weight is 1550 g/mol. The Bertz CT molecular complexity index is 3270. The van der Waals surface area contributed by atoms with Gasteiger partial charge in [-0.1, -0.05) is 91.0 Å². The minimum Gasteiger partial charge on any atom is -0.504 e. The fourth-order valence-corrected chi connectivity index (χ4v) is 12.8. The van der Waals surface area contributed by atoms with Gasteiger partial charge in [0.1, 0.15) is 72.6 Å².